The van der Waals surface area contributed by atoms with Crippen LogP contribution in [0, 0.1) is 5.41 Å². The maximum absolute atomic E-state index is 13.0. The lowest BCUT2D eigenvalue weighted by atomic mass is 9.61. The molecular weight excluding hydrogens is 459 g/mol. The highest BCUT2D eigenvalue weighted by Gasteiger charge is 2.54. The fourth-order valence-electron chi connectivity index (χ4n) is 5.08. The van der Waals surface area contributed by atoms with E-state index in [1.165, 1.54) is 4.90 Å². The lowest BCUT2D eigenvalue weighted by Gasteiger charge is -2.58. The minimum Gasteiger partial charge on any atom is -0.446 e. The molecule has 3 heterocycles. The zero-order valence-electron chi connectivity index (χ0n) is 26.3. The highest BCUT2D eigenvalue weighted by Crippen LogP contribution is 2.50. The minimum atomic E-state index is -4.58. The van der Waals surface area contributed by atoms with Gasteiger partial charge < -0.3 is 14.5 Å². The lowest BCUT2D eigenvalue weighted by molar-refractivity contribution is -0.141. The first kappa shape index (κ1) is 16.7. The van der Waals surface area contributed by atoms with Crippen LogP contribution in [0.25, 0.3) is 0 Å². The van der Waals surface area contributed by atoms with E-state index in [0.717, 1.165) is 6.20 Å². The first-order valence-electron chi connectivity index (χ1n) is 14.9. The SMILES string of the molecule is [2H]c1c([2H])c([2H])c(C([2H])([2H])N2CC3(CC(OC(=O)N4C[C@H](C)N(c5cnc(C(F)(F)F)cn5)C[C@H]4C)C3)C2)c([2H])c1[2H]. The van der Waals surface area contributed by atoms with E-state index in [0.29, 0.717) is 25.6 Å². The van der Waals surface area contributed by atoms with E-state index in [-0.39, 0.29) is 49.1 Å². The second-order valence-electron chi connectivity index (χ2n) is 9.64. The van der Waals surface area contributed by atoms with Gasteiger partial charge in [0.25, 0.3) is 0 Å². The van der Waals surface area contributed by atoms with Crippen molar-refractivity contribution < 1.29 is 32.3 Å². The molecule has 0 radical (unpaired) electrons. The summed E-state index contributed by atoms with van der Waals surface area (Å²) in [4.78, 5) is 25.2. The number of alkyl halides is 3. The zero-order valence-corrected chi connectivity index (χ0v) is 19.3. The summed E-state index contributed by atoms with van der Waals surface area (Å²) in [6.07, 6.45) is -2.66. The van der Waals surface area contributed by atoms with Crippen LogP contribution in [0.4, 0.5) is 23.8 Å². The van der Waals surface area contributed by atoms with Gasteiger partial charge in [0, 0.05) is 52.9 Å². The van der Waals surface area contributed by atoms with Crippen LogP contribution in [0.3, 0.4) is 0 Å². The lowest BCUT2D eigenvalue weighted by Crippen LogP contribution is -2.64. The molecule has 10 heteroatoms. The summed E-state index contributed by atoms with van der Waals surface area (Å²) in [5.74, 6) is 0.286. The Hall–Kier alpha value is -2.88. The number of hydrogen-bond donors (Lipinski definition) is 0. The number of carbonyl (C=O) groups is 1. The van der Waals surface area contributed by atoms with E-state index in [9.17, 15) is 18.0 Å². The minimum absolute atomic E-state index is 0.253. The predicted molar refractivity (Wildman–Crippen MR) is 124 cm³/mol. The van der Waals surface area contributed by atoms with Crippen molar-refractivity contribution in [2.45, 2.75) is 57.5 Å². The summed E-state index contributed by atoms with van der Waals surface area (Å²) in [6.45, 7) is 2.54. The quantitative estimate of drug-likeness (QED) is 0.633. The molecule has 0 unspecified atom stereocenters. The van der Waals surface area contributed by atoms with Gasteiger partial charge in [0.2, 0.25) is 0 Å². The van der Waals surface area contributed by atoms with E-state index < -0.39 is 60.2 Å². The number of aromatic nitrogens is 2. The van der Waals surface area contributed by atoms with Crippen LogP contribution in [-0.4, -0.2) is 70.2 Å². The van der Waals surface area contributed by atoms with Crippen molar-refractivity contribution in [2.24, 2.45) is 5.41 Å². The van der Waals surface area contributed by atoms with Gasteiger partial charge in [0.05, 0.1) is 19.2 Å². The Kier molecular flexibility index (Phi) is 4.28. The van der Waals surface area contributed by atoms with E-state index >= 15 is 0 Å². The number of hydrogen-bond acceptors (Lipinski definition) is 6. The normalized spacial score (nSPS) is 28.0. The maximum atomic E-state index is 13.0. The number of amides is 1. The van der Waals surface area contributed by atoms with Gasteiger partial charge in [-0.05, 0) is 32.3 Å². The molecule has 2 aliphatic heterocycles. The molecule has 1 aromatic carbocycles. The van der Waals surface area contributed by atoms with Crippen molar-refractivity contribution in [1.29, 1.82) is 0 Å². The second kappa shape index (κ2) is 8.96. The predicted octanol–water partition coefficient (Wildman–Crippen LogP) is 4.20. The van der Waals surface area contributed by atoms with Gasteiger partial charge in [0.1, 0.15) is 11.9 Å². The third-order valence-corrected chi connectivity index (χ3v) is 6.85. The molecule has 7 nitrogen and oxygen atoms in total. The van der Waals surface area contributed by atoms with Gasteiger partial charge in [-0.1, -0.05) is 30.2 Å². The van der Waals surface area contributed by atoms with Crippen molar-refractivity contribution in [2.75, 3.05) is 31.1 Å². The highest BCUT2D eigenvalue weighted by molar-refractivity contribution is 5.69. The molecule has 1 amide bonds. The molecule has 2 atom stereocenters. The number of piperazine rings is 1. The third kappa shape index (κ3) is 4.94. The molecule has 188 valence electrons. The number of nitrogens with zero attached hydrogens (tertiary/aromatic N) is 5. The fraction of sp³-hybridized carbons (Fsp3) is 0.560. The Labute approximate surface area is 212 Å². The monoisotopic (exact) mass is 496 g/mol. The van der Waals surface area contributed by atoms with Crippen molar-refractivity contribution in [3.63, 3.8) is 0 Å². The molecule has 1 spiro atoms. The Bertz CT molecular complexity index is 1350. The Balaban J connectivity index is 1.15. The Morgan fingerprint density at radius 2 is 1.86 bits per heavy atom. The van der Waals surface area contributed by atoms with Crippen molar-refractivity contribution >= 4 is 11.9 Å². The topological polar surface area (TPSA) is 61.8 Å². The molecule has 1 aliphatic carbocycles. The van der Waals surface area contributed by atoms with Gasteiger partial charge in [-0.15, -0.1) is 0 Å². The Morgan fingerprint density at radius 1 is 1.14 bits per heavy atom. The largest absolute Gasteiger partial charge is 0.446 e. The number of halogens is 3. The number of likely N-dealkylation sites (tertiary alicyclic amines) is 1. The van der Waals surface area contributed by atoms with Gasteiger partial charge in [-0.2, -0.15) is 13.2 Å². The number of rotatable bonds is 4. The average molecular weight is 497 g/mol. The molecule has 2 aromatic rings. The molecule has 3 fully saturated rings. The number of benzene rings is 1. The number of ether oxygens (including phenoxy) is 1. The number of carbonyl (C=O) groups excluding carboxylic acids is 1. The van der Waals surface area contributed by atoms with Gasteiger partial charge >= 0.3 is 12.3 Å². The zero-order chi connectivity index (χ0) is 30.9. The first-order chi connectivity index (χ1) is 19.4. The Morgan fingerprint density at radius 3 is 2.49 bits per heavy atom. The molecule has 0 N–H and O–H groups in total. The summed E-state index contributed by atoms with van der Waals surface area (Å²) in [5, 5.41) is 0. The van der Waals surface area contributed by atoms with Crippen LogP contribution in [0.15, 0.2) is 42.6 Å². The van der Waals surface area contributed by atoms with Crippen molar-refractivity contribution in [3.8, 4) is 0 Å². The summed E-state index contributed by atoms with van der Waals surface area (Å²) in [6, 6.07) is -3.45. The second-order valence-corrected chi connectivity index (χ2v) is 9.64. The van der Waals surface area contributed by atoms with Crippen LogP contribution < -0.4 is 4.90 Å². The molecule has 35 heavy (non-hydrogen) atoms. The first-order valence-corrected chi connectivity index (χ1v) is 11.4. The standard InChI is InChI=1S/C25H30F3N5O2/c1-17-13-33(18(2)12-32(17)22-11-29-21(10-30-22)25(26,27)28)23(34)35-20-8-24(9-20)15-31(16-24)14-19-6-4-3-5-7-19/h3-7,10-11,17-18,20H,8-9,12-16H2,1-2H3/t17-,18+/m0/s1/i3D,4D,5D,6D,7D,14D2. The molecule has 0 bridgehead atoms. The molecule has 5 rings (SSSR count). The van der Waals surface area contributed by atoms with E-state index in [1.807, 2.05) is 13.8 Å². The molecule has 3 aliphatic rings. The summed E-state index contributed by atoms with van der Waals surface area (Å²) < 4.78 is 101. The highest BCUT2D eigenvalue weighted by atomic mass is 19.4. The van der Waals surface area contributed by atoms with Crippen molar-refractivity contribution in [3.05, 3.63) is 53.9 Å². The molecule has 1 saturated carbocycles. The van der Waals surface area contributed by atoms with Crippen LogP contribution in [0.1, 0.15) is 47.5 Å². The average Bonchev–Trinajstić information content (AvgIpc) is 2.87. The summed E-state index contributed by atoms with van der Waals surface area (Å²) in [5.41, 5.74) is -1.76. The molecular formula is C25H30F3N5O2. The third-order valence-electron chi connectivity index (χ3n) is 6.85. The maximum Gasteiger partial charge on any atom is 0.434 e. The smallest absolute Gasteiger partial charge is 0.434 e. The van der Waals surface area contributed by atoms with E-state index in [2.05, 4.69) is 9.97 Å². The van der Waals surface area contributed by atoms with Gasteiger partial charge in [-0.3, -0.25) is 4.90 Å². The van der Waals surface area contributed by atoms with Crippen molar-refractivity contribution in [1.82, 2.24) is 19.8 Å². The van der Waals surface area contributed by atoms with E-state index in [1.54, 1.807) is 9.80 Å². The van der Waals surface area contributed by atoms with E-state index in [4.69, 9.17) is 14.3 Å². The van der Waals surface area contributed by atoms with Crippen LogP contribution in [0.2, 0.25) is 0 Å². The van der Waals surface area contributed by atoms with Gasteiger partial charge in [-0.25, -0.2) is 14.8 Å². The van der Waals surface area contributed by atoms with Crippen LogP contribution >= 0.6 is 0 Å². The summed E-state index contributed by atoms with van der Waals surface area (Å²) >= 11 is 0. The van der Waals surface area contributed by atoms with Crippen LogP contribution in [-0.2, 0) is 17.4 Å². The van der Waals surface area contributed by atoms with Crippen LogP contribution in [0.5, 0.6) is 0 Å². The fourth-order valence-corrected chi connectivity index (χ4v) is 5.08. The molecule has 1 aromatic heterocycles. The summed E-state index contributed by atoms with van der Waals surface area (Å²) in [7, 11) is 0. The van der Waals surface area contributed by atoms with Gasteiger partial charge in [0.15, 0.2) is 5.69 Å². The number of anilines is 1. The molecule has 2 saturated heterocycles.